The summed E-state index contributed by atoms with van der Waals surface area (Å²) in [5, 5.41) is 0. The molecular weight excluding hydrogens is 270 g/mol. The molecule has 0 atom stereocenters. The Morgan fingerprint density at radius 3 is 2.68 bits per heavy atom. The van der Waals surface area contributed by atoms with Gasteiger partial charge in [0.25, 0.3) is 5.65 Å². The number of hydrogen-bond acceptors (Lipinski definition) is 1. The Hall–Kier alpha value is -2.68. The van der Waals surface area contributed by atoms with Crippen LogP contribution in [0.1, 0.15) is 11.1 Å². The minimum Gasteiger partial charge on any atom is -0.273 e. The van der Waals surface area contributed by atoms with Crippen molar-refractivity contribution >= 4 is 16.8 Å². The third kappa shape index (κ3) is 1.82. The van der Waals surface area contributed by atoms with Crippen LogP contribution in [-0.2, 0) is 7.05 Å². The molecule has 3 heterocycles. The summed E-state index contributed by atoms with van der Waals surface area (Å²) in [6.07, 6.45) is 2.06. The summed E-state index contributed by atoms with van der Waals surface area (Å²) in [7, 11) is 2.09. The number of aryl methyl sites for hydroxylation is 3. The first kappa shape index (κ1) is 13.0. The average Bonchev–Trinajstić information content (AvgIpc) is 2.88. The van der Waals surface area contributed by atoms with Crippen molar-refractivity contribution in [2.24, 2.45) is 7.05 Å². The largest absolute Gasteiger partial charge is 0.350 e. The Bertz CT molecular complexity index is 1010. The number of pyridine rings is 2. The Kier molecular flexibility index (Phi) is 2.76. The van der Waals surface area contributed by atoms with E-state index in [9.17, 15) is 0 Å². The number of rotatable bonds is 1. The van der Waals surface area contributed by atoms with Crippen molar-refractivity contribution in [1.29, 1.82) is 0 Å². The van der Waals surface area contributed by atoms with Crippen LogP contribution in [0.3, 0.4) is 0 Å². The summed E-state index contributed by atoms with van der Waals surface area (Å²) in [6, 6.07) is 17.0. The minimum absolute atomic E-state index is 0.978. The lowest BCUT2D eigenvalue weighted by Gasteiger charge is -2.08. The van der Waals surface area contributed by atoms with Crippen molar-refractivity contribution < 1.29 is 4.57 Å². The van der Waals surface area contributed by atoms with Gasteiger partial charge in [0.15, 0.2) is 0 Å². The van der Waals surface area contributed by atoms with Crippen molar-refractivity contribution in [3.05, 3.63) is 65.9 Å². The van der Waals surface area contributed by atoms with Crippen LogP contribution in [0.5, 0.6) is 0 Å². The number of aromatic nitrogens is 3. The van der Waals surface area contributed by atoms with Crippen LogP contribution in [0.25, 0.3) is 28.1 Å². The lowest BCUT2D eigenvalue weighted by molar-refractivity contribution is -0.635. The number of benzene rings is 1. The van der Waals surface area contributed by atoms with Crippen LogP contribution in [0.2, 0.25) is 0 Å². The number of nitrogens with zero attached hydrogens (tertiary/aromatic N) is 3. The summed E-state index contributed by atoms with van der Waals surface area (Å²) in [5.74, 6) is 0. The summed E-state index contributed by atoms with van der Waals surface area (Å²) in [5.41, 5.74) is 8.14. The minimum atomic E-state index is 0.978. The maximum absolute atomic E-state index is 4.77. The molecule has 0 aliphatic carbocycles. The van der Waals surface area contributed by atoms with Crippen LogP contribution in [0.15, 0.2) is 54.7 Å². The van der Waals surface area contributed by atoms with E-state index in [0.717, 1.165) is 16.8 Å². The Balaban J connectivity index is 2.03. The van der Waals surface area contributed by atoms with Crippen LogP contribution < -0.4 is 4.57 Å². The number of fused-ring (bicyclic) bond motifs is 3. The third-order valence-corrected chi connectivity index (χ3v) is 4.28. The van der Waals surface area contributed by atoms with E-state index < -0.39 is 0 Å². The first-order valence-electron chi connectivity index (χ1n) is 7.48. The van der Waals surface area contributed by atoms with Crippen molar-refractivity contribution in [1.82, 2.24) is 9.38 Å². The van der Waals surface area contributed by atoms with Gasteiger partial charge in [0, 0.05) is 17.8 Å². The van der Waals surface area contributed by atoms with Crippen LogP contribution in [-0.4, -0.2) is 9.38 Å². The summed E-state index contributed by atoms with van der Waals surface area (Å²) in [6.45, 7) is 4.29. The van der Waals surface area contributed by atoms with Crippen LogP contribution in [0, 0.1) is 13.8 Å². The highest BCUT2D eigenvalue weighted by Crippen LogP contribution is 2.23. The molecule has 1 aromatic carbocycles. The summed E-state index contributed by atoms with van der Waals surface area (Å²) in [4.78, 5) is 4.77. The van der Waals surface area contributed by atoms with Crippen molar-refractivity contribution in [3.8, 4) is 11.3 Å². The molecule has 0 aliphatic heterocycles. The zero-order valence-corrected chi connectivity index (χ0v) is 13.0. The summed E-state index contributed by atoms with van der Waals surface area (Å²) >= 11 is 0. The lowest BCUT2D eigenvalue weighted by Crippen LogP contribution is -2.32. The molecular formula is C19H18N3+. The second-order valence-corrected chi connectivity index (χ2v) is 5.85. The summed E-state index contributed by atoms with van der Waals surface area (Å²) < 4.78 is 4.31. The van der Waals surface area contributed by atoms with E-state index in [1.165, 1.54) is 22.4 Å². The van der Waals surface area contributed by atoms with Gasteiger partial charge in [-0.25, -0.2) is 4.57 Å². The highest BCUT2D eigenvalue weighted by Gasteiger charge is 2.19. The molecule has 0 amide bonds. The second kappa shape index (κ2) is 4.67. The number of imidazole rings is 1. The molecule has 0 N–H and O–H groups in total. The maximum Gasteiger partial charge on any atom is 0.350 e. The van der Waals surface area contributed by atoms with Crippen molar-refractivity contribution in [3.63, 3.8) is 0 Å². The van der Waals surface area contributed by atoms with Gasteiger partial charge < -0.3 is 0 Å². The zero-order chi connectivity index (χ0) is 15.3. The van der Waals surface area contributed by atoms with Gasteiger partial charge in [-0.05, 0) is 42.6 Å². The predicted molar refractivity (Wildman–Crippen MR) is 88.8 cm³/mol. The fourth-order valence-electron chi connectivity index (χ4n) is 3.16. The van der Waals surface area contributed by atoms with Gasteiger partial charge in [0.05, 0.1) is 7.05 Å². The molecule has 0 aliphatic rings. The molecule has 0 unspecified atom stereocenters. The van der Waals surface area contributed by atoms with Gasteiger partial charge in [-0.15, -0.1) is 0 Å². The van der Waals surface area contributed by atoms with Gasteiger partial charge >= 0.3 is 5.65 Å². The molecule has 22 heavy (non-hydrogen) atoms. The fraction of sp³-hybridized carbons (Fsp3) is 0.158. The van der Waals surface area contributed by atoms with E-state index in [0.29, 0.717) is 0 Å². The standard InChI is InChI=1S/C19H18N3/c1-13-7-8-15(14(2)12-13)16-9-10-17-19(21(16)3)20-18-6-4-5-11-22(17)18/h4-12H,1-3H3/q+1. The molecule has 3 heteroatoms. The third-order valence-electron chi connectivity index (χ3n) is 4.28. The van der Waals surface area contributed by atoms with Crippen molar-refractivity contribution in [2.75, 3.05) is 0 Å². The lowest BCUT2D eigenvalue weighted by atomic mass is 10.0. The Labute approximate surface area is 129 Å². The topological polar surface area (TPSA) is 21.2 Å². The smallest absolute Gasteiger partial charge is 0.273 e. The van der Waals surface area contributed by atoms with Gasteiger partial charge in [0.1, 0.15) is 11.2 Å². The maximum atomic E-state index is 4.77. The van der Waals surface area contributed by atoms with Gasteiger partial charge in [-0.1, -0.05) is 29.8 Å². The van der Waals surface area contributed by atoms with E-state index in [-0.39, 0.29) is 0 Å². The molecule has 3 nitrogen and oxygen atoms in total. The van der Waals surface area contributed by atoms with Gasteiger partial charge in [-0.2, -0.15) is 0 Å². The average molecular weight is 288 g/mol. The molecule has 0 radical (unpaired) electrons. The van der Waals surface area contributed by atoms with Gasteiger partial charge in [-0.3, -0.25) is 4.40 Å². The molecule has 4 aromatic rings. The molecule has 3 aromatic heterocycles. The first-order valence-corrected chi connectivity index (χ1v) is 7.48. The Morgan fingerprint density at radius 1 is 1.00 bits per heavy atom. The highest BCUT2D eigenvalue weighted by atomic mass is 15.1. The molecule has 0 saturated heterocycles. The second-order valence-electron chi connectivity index (χ2n) is 5.85. The van der Waals surface area contributed by atoms with E-state index >= 15 is 0 Å². The molecule has 4 rings (SSSR count). The molecule has 0 fully saturated rings. The highest BCUT2D eigenvalue weighted by molar-refractivity contribution is 5.76. The van der Waals surface area contributed by atoms with Crippen LogP contribution >= 0.6 is 0 Å². The SMILES string of the molecule is Cc1ccc(-c2ccc3c(nc4ccccn43)[n+]2C)c(C)c1. The van der Waals surface area contributed by atoms with Crippen molar-refractivity contribution in [2.45, 2.75) is 13.8 Å². The normalized spacial score (nSPS) is 11.4. The van der Waals surface area contributed by atoms with Gasteiger partial charge in [0.2, 0.25) is 0 Å². The van der Waals surface area contributed by atoms with E-state index in [4.69, 9.17) is 4.98 Å². The monoisotopic (exact) mass is 288 g/mol. The predicted octanol–water partition coefficient (Wildman–Crippen LogP) is 3.60. The van der Waals surface area contributed by atoms with E-state index in [1.807, 2.05) is 18.2 Å². The van der Waals surface area contributed by atoms with E-state index in [1.54, 1.807) is 0 Å². The van der Waals surface area contributed by atoms with E-state index in [2.05, 4.69) is 66.4 Å². The molecule has 0 spiro atoms. The fourth-order valence-corrected chi connectivity index (χ4v) is 3.16. The number of hydrogen-bond donors (Lipinski definition) is 0. The van der Waals surface area contributed by atoms with Crippen LogP contribution in [0.4, 0.5) is 0 Å². The molecule has 108 valence electrons. The zero-order valence-electron chi connectivity index (χ0n) is 13.0. The Morgan fingerprint density at radius 2 is 1.86 bits per heavy atom. The quantitative estimate of drug-likeness (QED) is 0.490. The molecule has 0 saturated carbocycles. The first-order chi connectivity index (χ1) is 10.6. The molecule has 0 bridgehead atoms.